The van der Waals surface area contributed by atoms with E-state index in [9.17, 15) is 18.0 Å². The second kappa shape index (κ2) is 6.02. The SMILES string of the molecule is CC(C)CO[C@@]1(C(F)(F)F)CCN(C(=O)OC(C)(C)C)C1. The molecule has 1 rings (SSSR count). The fourth-order valence-electron chi connectivity index (χ4n) is 2.02. The van der Waals surface area contributed by atoms with Gasteiger partial charge in [0.1, 0.15) is 5.60 Å². The van der Waals surface area contributed by atoms with E-state index in [1.165, 1.54) is 0 Å². The highest BCUT2D eigenvalue weighted by atomic mass is 19.4. The zero-order valence-corrected chi connectivity index (χ0v) is 13.2. The Balaban J connectivity index is 2.79. The molecule has 124 valence electrons. The van der Waals surface area contributed by atoms with Gasteiger partial charge in [0, 0.05) is 13.0 Å². The van der Waals surface area contributed by atoms with Gasteiger partial charge in [0.15, 0.2) is 5.60 Å². The molecule has 7 heteroatoms. The van der Waals surface area contributed by atoms with Gasteiger partial charge in [0.25, 0.3) is 0 Å². The first-order chi connectivity index (χ1) is 9.36. The van der Waals surface area contributed by atoms with Gasteiger partial charge in [-0.2, -0.15) is 13.2 Å². The molecule has 0 aliphatic carbocycles. The molecular weight excluding hydrogens is 287 g/mol. The van der Waals surface area contributed by atoms with Crippen LogP contribution in [0.3, 0.4) is 0 Å². The summed E-state index contributed by atoms with van der Waals surface area (Å²) >= 11 is 0. The number of ether oxygens (including phenoxy) is 2. The van der Waals surface area contributed by atoms with Gasteiger partial charge >= 0.3 is 12.3 Å². The highest BCUT2D eigenvalue weighted by molar-refractivity contribution is 5.68. The Labute approximate surface area is 123 Å². The average Bonchev–Trinajstić information content (AvgIpc) is 2.68. The van der Waals surface area contributed by atoms with Crippen molar-refractivity contribution in [3.8, 4) is 0 Å². The highest BCUT2D eigenvalue weighted by Gasteiger charge is 2.60. The third kappa shape index (κ3) is 4.76. The van der Waals surface area contributed by atoms with Crippen LogP contribution in [0, 0.1) is 5.92 Å². The van der Waals surface area contributed by atoms with Crippen molar-refractivity contribution in [3.05, 3.63) is 0 Å². The van der Waals surface area contributed by atoms with Crippen molar-refractivity contribution in [3.63, 3.8) is 0 Å². The van der Waals surface area contributed by atoms with Gasteiger partial charge in [-0.25, -0.2) is 4.79 Å². The molecule has 0 aromatic carbocycles. The summed E-state index contributed by atoms with van der Waals surface area (Å²) in [5.74, 6) is -0.0141. The van der Waals surface area contributed by atoms with Gasteiger partial charge in [-0.1, -0.05) is 13.8 Å². The van der Waals surface area contributed by atoms with Gasteiger partial charge < -0.3 is 14.4 Å². The van der Waals surface area contributed by atoms with Crippen LogP contribution >= 0.6 is 0 Å². The topological polar surface area (TPSA) is 38.8 Å². The second-order valence-corrected chi connectivity index (χ2v) is 6.85. The van der Waals surface area contributed by atoms with E-state index in [1.54, 1.807) is 34.6 Å². The molecular formula is C14H24F3NO3. The van der Waals surface area contributed by atoms with Crippen LogP contribution in [0.5, 0.6) is 0 Å². The van der Waals surface area contributed by atoms with Gasteiger partial charge in [-0.3, -0.25) is 0 Å². The number of amides is 1. The number of nitrogens with zero attached hydrogens (tertiary/aromatic N) is 1. The van der Waals surface area contributed by atoms with Crippen LogP contribution in [0.2, 0.25) is 0 Å². The number of hydrogen-bond acceptors (Lipinski definition) is 3. The molecule has 0 aromatic heterocycles. The molecule has 1 amide bonds. The van der Waals surface area contributed by atoms with Crippen LogP contribution in [0.1, 0.15) is 41.0 Å². The lowest BCUT2D eigenvalue weighted by Crippen LogP contribution is -2.51. The summed E-state index contributed by atoms with van der Waals surface area (Å²) in [7, 11) is 0. The van der Waals surface area contributed by atoms with Crippen LogP contribution in [0.15, 0.2) is 0 Å². The number of carbonyl (C=O) groups excluding carboxylic acids is 1. The zero-order valence-electron chi connectivity index (χ0n) is 13.2. The molecule has 0 aromatic rings. The minimum Gasteiger partial charge on any atom is -0.444 e. The lowest BCUT2D eigenvalue weighted by atomic mass is 10.0. The second-order valence-electron chi connectivity index (χ2n) is 6.85. The molecule has 1 heterocycles. The third-order valence-electron chi connectivity index (χ3n) is 3.09. The fraction of sp³-hybridized carbons (Fsp3) is 0.929. The van der Waals surface area contributed by atoms with Crippen LogP contribution in [0.4, 0.5) is 18.0 Å². The maximum absolute atomic E-state index is 13.3. The predicted octanol–water partition coefficient (Wildman–Crippen LogP) is 3.60. The van der Waals surface area contributed by atoms with Crippen LogP contribution in [0.25, 0.3) is 0 Å². The molecule has 0 saturated carbocycles. The van der Waals surface area contributed by atoms with Gasteiger partial charge in [0.2, 0.25) is 0 Å². The predicted molar refractivity (Wildman–Crippen MR) is 72.0 cm³/mol. The number of likely N-dealkylation sites (tertiary alicyclic amines) is 1. The van der Waals surface area contributed by atoms with Gasteiger partial charge in [-0.05, 0) is 26.7 Å². The van der Waals surface area contributed by atoms with Crippen LogP contribution in [-0.4, -0.2) is 48.1 Å². The molecule has 0 unspecified atom stereocenters. The largest absolute Gasteiger partial charge is 0.444 e. The normalized spacial score (nSPS) is 23.8. The van der Waals surface area contributed by atoms with Crippen molar-refractivity contribution < 1.29 is 27.4 Å². The van der Waals surface area contributed by atoms with Crippen LogP contribution < -0.4 is 0 Å². The summed E-state index contributed by atoms with van der Waals surface area (Å²) in [6.07, 6.45) is -5.51. The minimum atomic E-state index is -4.52. The summed E-state index contributed by atoms with van der Waals surface area (Å²) in [5, 5.41) is 0. The molecule has 1 aliphatic heterocycles. The summed E-state index contributed by atoms with van der Waals surface area (Å²) < 4.78 is 50.3. The molecule has 0 N–H and O–H groups in total. The van der Waals surface area contributed by atoms with Crippen molar-refractivity contribution in [1.29, 1.82) is 0 Å². The number of carbonyl (C=O) groups is 1. The maximum atomic E-state index is 13.3. The monoisotopic (exact) mass is 311 g/mol. The van der Waals surface area contributed by atoms with Crippen molar-refractivity contribution in [2.45, 2.75) is 58.4 Å². The van der Waals surface area contributed by atoms with E-state index < -0.39 is 30.0 Å². The highest BCUT2D eigenvalue weighted by Crippen LogP contribution is 2.41. The Bertz CT molecular complexity index is 377. The third-order valence-corrected chi connectivity index (χ3v) is 3.09. The maximum Gasteiger partial charge on any atom is 0.419 e. The van der Waals surface area contributed by atoms with E-state index in [-0.39, 0.29) is 25.5 Å². The summed E-state index contributed by atoms with van der Waals surface area (Å²) in [6, 6.07) is 0. The molecule has 1 atom stereocenters. The van der Waals surface area contributed by atoms with E-state index in [0.29, 0.717) is 0 Å². The number of alkyl halides is 3. The smallest absolute Gasteiger partial charge is 0.419 e. The van der Waals surface area contributed by atoms with Crippen molar-refractivity contribution in [2.24, 2.45) is 5.92 Å². The first kappa shape index (κ1) is 18.1. The van der Waals surface area contributed by atoms with Gasteiger partial charge in [0.05, 0.1) is 13.2 Å². The molecule has 0 spiro atoms. The summed E-state index contributed by atoms with van der Waals surface area (Å²) in [6.45, 7) is 8.05. The Morgan fingerprint density at radius 3 is 2.29 bits per heavy atom. The Kier molecular flexibility index (Phi) is 5.18. The molecule has 1 fully saturated rings. The number of hydrogen-bond donors (Lipinski definition) is 0. The summed E-state index contributed by atoms with van der Waals surface area (Å²) in [5.41, 5.74) is -3.02. The molecule has 4 nitrogen and oxygen atoms in total. The molecule has 0 bridgehead atoms. The average molecular weight is 311 g/mol. The summed E-state index contributed by atoms with van der Waals surface area (Å²) in [4.78, 5) is 13.0. The minimum absolute atomic E-state index is 0.00166. The molecule has 0 radical (unpaired) electrons. The lowest BCUT2D eigenvalue weighted by Gasteiger charge is -2.32. The molecule has 1 aliphatic rings. The first-order valence-corrected chi connectivity index (χ1v) is 7.05. The lowest BCUT2D eigenvalue weighted by molar-refractivity contribution is -0.274. The first-order valence-electron chi connectivity index (χ1n) is 7.05. The molecule has 1 saturated heterocycles. The zero-order chi connectivity index (χ0) is 16.5. The number of rotatable bonds is 3. The van der Waals surface area contributed by atoms with E-state index >= 15 is 0 Å². The van der Waals surface area contributed by atoms with Crippen molar-refractivity contribution in [2.75, 3.05) is 19.7 Å². The quantitative estimate of drug-likeness (QED) is 0.799. The van der Waals surface area contributed by atoms with Crippen molar-refractivity contribution in [1.82, 2.24) is 4.90 Å². The van der Waals surface area contributed by atoms with Crippen molar-refractivity contribution >= 4 is 6.09 Å². The van der Waals surface area contributed by atoms with E-state index in [0.717, 1.165) is 4.90 Å². The molecule has 21 heavy (non-hydrogen) atoms. The van der Waals surface area contributed by atoms with E-state index in [4.69, 9.17) is 9.47 Å². The standard InChI is InChI=1S/C14H24F3NO3/c1-10(2)8-20-13(14(15,16)17)6-7-18(9-13)11(19)21-12(3,4)5/h10H,6-9H2,1-5H3/t13-/m0/s1. The van der Waals surface area contributed by atoms with Crippen LogP contribution in [-0.2, 0) is 9.47 Å². The van der Waals surface area contributed by atoms with E-state index in [1.807, 2.05) is 0 Å². The fourth-order valence-corrected chi connectivity index (χ4v) is 2.02. The number of halogens is 3. The van der Waals surface area contributed by atoms with E-state index in [2.05, 4.69) is 0 Å². The Morgan fingerprint density at radius 2 is 1.86 bits per heavy atom. The Hall–Kier alpha value is -0.980. The Morgan fingerprint density at radius 1 is 1.29 bits per heavy atom. The van der Waals surface area contributed by atoms with Gasteiger partial charge in [-0.15, -0.1) is 0 Å².